The molecule has 1 aliphatic rings. The number of anilines is 1. The maximum Gasteiger partial charge on any atom is 0.235 e. The van der Waals surface area contributed by atoms with E-state index in [9.17, 15) is 9.90 Å². The van der Waals surface area contributed by atoms with E-state index in [1.165, 1.54) is 18.9 Å². The molecule has 0 saturated heterocycles. The second-order valence-electron chi connectivity index (χ2n) is 5.14. The maximum atomic E-state index is 11.9. The van der Waals surface area contributed by atoms with Crippen molar-refractivity contribution < 1.29 is 14.6 Å². The molecule has 1 atom stereocenters. The smallest absolute Gasteiger partial charge is 0.235 e. The van der Waals surface area contributed by atoms with Gasteiger partial charge in [-0.2, -0.15) is 5.10 Å². The summed E-state index contributed by atoms with van der Waals surface area (Å²) in [5.74, 6) is 1.54. The summed E-state index contributed by atoms with van der Waals surface area (Å²) < 4.78 is 6.77. The highest BCUT2D eigenvalue weighted by Crippen LogP contribution is 2.44. The van der Waals surface area contributed by atoms with Crippen LogP contribution in [0, 0.1) is 6.92 Å². The summed E-state index contributed by atoms with van der Waals surface area (Å²) in [5, 5.41) is 17.3. The van der Waals surface area contributed by atoms with Gasteiger partial charge in [0.15, 0.2) is 11.5 Å². The van der Waals surface area contributed by atoms with Gasteiger partial charge >= 0.3 is 0 Å². The molecule has 6 nitrogen and oxygen atoms in total. The Kier molecular flexibility index (Phi) is 3.74. The van der Waals surface area contributed by atoms with Crippen molar-refractivity contribution in [3.63, 3.8) is 0 Å². The SMILES string of the molecule is COc1ccc(C2SCC(=O)Nc3c2c(C)nn3C)cc1O. The zero-order valence-electron chi connectivity index (χ0n) is 12.6. The molecule has 0 saturated carbocycles. The molecule has 2 aromatic rings. The van der Waals surface area contributed by atoms with Crippen LogP contribution in [0.1, 0.15) is 22.1 Å². The van der Waals surface area contributed by atoms with Crippen LogP contribution in [0.2, 0.25) is 0 Å². The lowest BCUT2D eigenvalue weighted by atomic mass is 10.0. The van der Waals surface area contributed by atoms with Crippen LogP contribution < -0.4 is 10.1 Å². The summed E-state index contributed by atoms with van der Waals surface area (Å²) >= 11 is 1.52. The molecule has 2 heterocycles. The largest absolute Gasteiger partial charge is 0.504 e. The Labute approximate surface area is 132 Å². The van der Waals surface area contributed by atoms with E-state index >= 15 is 0 Å². The monoisotopic (exact) mass is 319 g/mol. The van der Waals surface area contributed by atoms with E-state index in [0.29, 0.717) is 17.3 Å². The standard InChI is InChI=1S/C15H17N3O3S/c1-8-13-14(9-4-5-11(21-3)10(19)6-9)22-7-12(20)16-15(13)18(2)17-8/h4-6,14,19H,7H2,1-3H3,(H,16,20). The Morgan fingerprint density at radius 1 is 1.50 bits per heavy atom. The van der Waals surface area contributed by atoms with Crippen LogP contribution in [0.25, 0.3) is 0 Å². The molecular weight excluding hydrogens is 302 g/mol. The number of methoxy groups -OCH3 is 1. The first kappa shape index (κ1) is 14.8. The summed E-state index contributed by atoms with van der Waals surface area (Å²) in [6.45, 7) is 1.92. The molecule has 7 heteroatoms. The Morgan fingerprint density at radius 3 is 2.95 bits per heavy atom. The molecule has 1 amide bonds. The summed E-state index contributed by atoms with van der Waals surface area (Å²) in [6, 6.07) is 5.32. The predicted octanol–water partition coefficient (Wildman–Crippen LogP) is 2.22. The number of nitrogens with one attached hydrogen (secondary N) is 1. The van der Waals surface area contributed by atoms with Crippen molar-refractivity contribution in [2.75, 3.05) is 18.2 Å². The van der Waals surface area contributed by atoms with E-state index in [2.05, 4.69) is 10.4 Å². The first-order valence-electron chi connectivity index (χ1n) is 6.83. The summed E-state index contributed by atoms with van der Waals surface area (Å²) in [6.07, 6.45) is 0. The van der Waals surface area contributed by atoms with Crippen LogP contribution in [0.15, 0.2) is 18.2 Å². The predicted molar refractivity (Wildman–Crippen MR) is 85.5 cm³/mol. The third-order valence-corrected chi connectivity index (χ3v) is 4.95. The topological polar surface area (TPSA) is 76.4 Å². The molecule has 1 aromatic heterocycles. The van der Waals surface area contributed by atoms with Crippen LogP contribution >= 0.6 is 11.8 Å². The van der Waals surface area contributed by atoms with E-state index < -0.39 is 0 Å². The Bertz CT molecular complexity index is 742. The first-order chi connectivity index (χ1) is 10.5. The fourth-order valence-corrected chi connectivity index (χ4v) is 3.86. The Balaban J connectivity index is 2.11. The van der Waals surface area contributed by atoms with Gasteiger partial charge in [-0.25, -0.2) is 0 Å². The second-order valence-corrected chi connectivity index (χ2v) is 6.24. The lowest BCUT2D eigenvalue weighted by Crippen LogP contribution is -2.15. The van der Waals surface area contributed by atoms with Gasteiger partial charge in [0.05, 0.1) is 23.8 Å². The van der Waals surface area contributed by atoms with Crippen molar-refractivity contribution in [2.24, 2.45) is 7.05 Å². The lowest BCUT2D eigenvalue weighted by molar-refractivity contribution is -0.113. The zero-order valence-corrected chi connectivity index (χ0v) is 13.4. The number of ether oxygens (including phenoxy) is 1. The van der Waals surface area contributed by atoms with Crippen molar-refractivity contribution in [3.8, 4) is 11.5 Å². The molecule has 1 unspecified atom stereocenters. The molecule has 22 heavy (non-hydrogen) atoms. The third kappa shape index (κ3) is 2.41. The van der Waals surface area contributed by atoms with Crippen molar-refractivity contribution >= 4 is 23.5 Å². The minimum absolute atomic E-state index is 0.0468. The number of carbonyl (C=O) groups excluding carboxylic acids is 1. The highest BCUT2D eigenvalue weighted by Gasteiger charge is 2.29. The average Bonchev–Trinajstić information content (AvgIpc) is 2.66. The van der Waals surface area contributed by atoms with Crippen molar-refractivity contribution in [1.29, 1.82) is 0 Å². The minimum atomic E-state index is -0.0699. The van der Waals surface area contributed by atoms with Gasteiger partial charge in [-0.15, -0.1) is 11.8 Å². The molecule has 0 fully saturated rings. The number of phenols is 1. The van der Waals surface area contributed by atoms with Crippen molar-refractivity contribution in [1.82, 2.24) is 9.78 Å². The minimum Gasteiger partial charge on any atom is -0.504 e. The number of aromatic nitrogens is 2. The number of amides is 1. The first-order valence-corrected chi connectivity index (χ1v) is 7.88. The van der Waals surface area contributed by atoms with Gasteiger partial charge in [0.25, 0.3) is 0 Å². The van der Waals surface area contributed by atoms with Gasteiger partial charge in [-0.3, -0.25) is 9.48 Å². The number of phenolic OH excluding ortho intramolecular Hbond substituents is 1. The normalized spacial score (nSPS) is 17.6. The van der Waals surface area contributed by atoms with E-state index in [1.807, 2.05) is 20.0 Å². The number of aromatic hydroxyl groups is 1. The average molecular weight is 319 g/mol. The van der Waals surface area contributed by atoms with Gasteiger partial charge in [0.2, 0.25) is 5.91 Å². The van der Waals surface area contributed by atoms with Gasteiger partial charge in [0, 0.05) is 12.6 Å². The summed E-state index contributed by atoms with van der Waals surface area (Å²) in [4.78, 5) is 11.9. The van der Waals surface area contributed by atoms with Crippen LogP contribution in [0.3, 0.4) is 0 Å². The summed E-state index contributed by atoms with van der Waals surface area (Å²) in [7, 11) is 3.33. The summed E-state index contributed by atoms with van der Waals surface area (Å²) in [5.41, 5.74) is 2.76. The van der Waals surface area contributed by atoms with Gasteiger partial charge in [0.1, 0.15) is 5.82 Å². The molecule has 0 radical (unpaired) electrons. The number of thioether (sulfide) groups is 1. The molecule has 116 valence electrons. The molecule has 0 spiro atoms. The van der Waals surface area contributed by atoms with Crippen LogP contribution in [0.5, 0.6) is 11.5 Å². The number of rotatable bonds is 2. The molecule has 0 bridgehead atoms. The molecular formula is C15H17N3O3S. The quantitative estimate of drug-likeness (QED) is 0.887. The Morgan fingerprint density at radius 2 is 2.27 bits per heavy atom. The Hall–Kier alpha value is -2.15. The maximum absolute atomic E-state index is 11.9. The number of hydrogen-bond donors (Lipinski definition) is 2. The number of benzene rings is 1. The second kappa shape index (κ2) is 5.57. The fraction of sp³-hybridized carbons (Fsp3) is 0.333. The highest BCUT2D eigenvalue weighted by atomic mass is 32.2. The van der Waals surface area contributed by atoms with Crippen LogP contribution in [0.4, 0.5) is 5.82 Å². The van der Waals surface area contributed by atoms with E-state index in [1.54, 1.807) is 16.8 Å². The van der Waals surface area contributed by atoms with Crippen molar-refractivity contribution in [3.05, 3.63) is 35.0 Å². The van der Waals surface area contributed by atoms with Crippen LogP contribution in [-0.2, 0) is 11.8 Å². The molecule has 1 aliphatic heterocycles. The zero-order chi connectivity index (χ0) is 15.9. The molecule has 0 aliphatic carbocycles. The van der Waals surface area contributed by atoms with E-state index in [0.717, 1.165) is 16.8 Å². The third-order valence-electron chi connectivity index (χ3n) is 3.68. The molecule has 1 aromatic carbocycles. The van der Waals surface area contributed by atoms with Gasteiger partial charge < -0.3 is 15.2 Å². The number of hydrogen-bond acceptors (Lipinski definition) is 5. The van der Waals surface area contributed by atoms with E-state index in [4.69, 9.17) is 4.74 Å². The molecule has 2 N–H and O–H groups in total. The fourth-order valence-electron chi connectivity index (χ4n) is 2.68. The molecule has 3 rings (SSSR count). The van der Waals surface area contributed by atoms with E-state index in [-0.39, 0.29) is 16.9 Å². The number of carbonyl (C=O) groups is 1. The number of nitrogens with zero attached hydrogens (tertiary/aromatic N) is 2. The van der Waals surface area contributed by atoms with Crippen LogP contribution in [-0.4, -0.2) is 33.7 Å². The lowest BCUT2D eigenvalue weighted by Gasteiger charge is -2.16. The number of aryl methyl sites for hydroxylation is 2. The van der Waals surface area contributed by atoms with Gasteiger partial charge in [-0.05, 0) is 24.6 Å². The van der Waals surface area contributed by atoms with Gasteiger partial charge in [-0.1, -0.05) is 6.07 Å². The highest BCUT2D eigenvalue weighted by molar-refractivity contribution is 8.00. The van der Waals surface area contributed by atoms with Crippen molar-refractivity contribution in [2.45, 2.75) is 12.2 Å². The number of fused-ring (bicyclic) bond motifs is 1.